The molecule has 5 heteroatoms. The summed E-state index contributed by atoms with van der Waals surface area (Å²) in [6, 6.07) is 0. The number of carbonyl (C=O) groups is 3. The van der Waals surface area contributed by atoms with Gasteiger partial charge in [-0.15, -0.1) is 0 Å². The average molecular weight is 241 g/mol. The molecule has 1 amide bonds. The quantitative estimate of drug-likeness (QED) is 0.537. The lowest BCUT2D eigenvalue weighted by Gasteiger charge is -2.30. The van der Waals surface area contributed by atoms with Crippen LogP contribution in [0.2, 0.25) is 0 Å². The predicted molar refractivity (Wildman–Crippen MR) is 61.2 cm³/mol. The molecule has 1 fully saturated rings. The van der Waals surface area contributed by atoms with Gasteiger partial charge >= 0.3 is 5.97 Å². The highest BCUT2D eigenvalue weighted by Crippen LogP contribution is 2.17. The highest BCUT2D eigenvalue weighted by molar-refractivity contribution is 6.01. The maximum absolute atomic E-state index is 11.8. The molecule has 1 rings (SSSR count). The van der Waals surface area contributed by atoms with Crippen LogP contribution in [0, 0.1) is 11.8 Å². The molecule has 5 nitrogen and oxygen atoms in total. The van der Waals surface area contributed by atoms with E-state index in [1.165, 1.54) is 12.0 Å². The molecule has 1 aliphatic rings. The second-order valence-electron chi connectivity index (χ2n) is 4.74. The molecule has 0 saturated carbocycles. The zero-order valence-corrected chi connectivity index (χ0v) is 10.6. The molecule has 96 valence electrons. The van der Waals surface area contributed by atoms with Crippen molar-refractivity contribution in [3.8, 4) is 0 Å². The summed E-state index contributed by atoms with van der Waals surface area (Å²) < 4.78 is 4.56. The number of methoxy groups -OCH3 is 1. The molecule has 1 atom stereocenters. The monoisotopic (exact) mass is 241 g/mol. The molecule has 0 aromatic rings. The Kier molecular flexibility index (Phi) is 4.66. The van der Waals surface area contributed by atoms with Gasteiger partial charge < -0.3 is 9.64 Å². The van der Waals surface area contributed by atoms with Crippen LogP contribution in [-0.4, -0.2) is 42.8 Å². The number of nitrogens with zero attached hydrogens (tertiary/aromatic N) is 1. The van der Waals surface area contributed by atoms with Crippen molar-refractivity contribution in [2.75, 3.05) is 20.2 Å². The summed E-state index contributed by atoms with van der Waals surface area (Å²) >= 11 is 0. The van der Waals surface area contributed by atoms with Gasteiger partial charge in [-0.2, -0.15) is 0 Å². The Bertz CT molecular complexity index is 324. The molecule has 0 aliphatic carbocycles. The van der Waals surface area contributed by atoms with E-state index in [-0.39, 0.29) is 24.2 Å². The number of hydrogen-bond donors (Lipinski definition) is 0. The molecule has 1 saturated heterocycles. The number of ketones is 1. The zero-order valence-electron chi connectivity index (χ0n) is 10.6. The maximum atomic E-state index is 11.8. The number of rotatable bonds is 3. The fourth-order valence-electron chi connectivity index (χ4n) is 1.91. The third-order valence-corrected chi connectivity index (χ3v) is 2.84. The molecule has 0 aromatic heterocycles. The summed E-state index contributed by atoms with van der Waals surface area (Å²) in [5.74, 6) is -1.15. The smallest absolute Gasteiger partial charge is 0.316 e. The van der Waals surface area contributed by atoms with Gasteiger partial charge in [0.15, 0.2) is 5.78 Å². The lowest BCUT2D eigenvalue weighted by atomic mass is 9.95. The van der Waals surface area contributed by atoms with Crippen molar-refractivity contribution < 1.29 is 19.1 Å². The van der Waals surface area contributed by atoms with Gasteiger partial charge in [0, 0.05) is 13.0 Å². The molecule has 0 spiro atoms. The minimum Gasteiger partial charge on any atom is -0.468 e. The Balaban J connectivity index is 2.55. The standard InChI is InChI=1S/C12H19NO4/c1-8(2)6-11(15)13-5-4-9(10(14)7-13)12(16)17-3/h8-9H,4-7H2,1-3H3. The van der Waals surface area contributed by atoms with E-state index in [2.05, 4.69) is 4.74 Å². The molecule has 1 aliphatic heterocycles. The molecule has 1 heterocycles. The van der Waals surface area contributed by atoms with Crippen molar-refractivity contribution in [3.63, 3.8) is 0 Å². The van der Waals surface area contributed by atoms with Gasteiger partial charge in [0.1, 0.15) is 5.92 Å². The Hall–Kier alpha value is -1.39. The largest absolute Gasteiger partial charge is 0.468 e. The first-order chi connectivity index (χ1) is 7.95. The van der Waals surface area contributed by atoms with Crippen molar-refractivity contribution in [2.24, 2.45) is 11.8 Å². The van der Waals surface area contributed by atoms with E-state index in [9.17, 15) is 14.4 Å². The average Bonchev–Trinajstić information content (AvgIpc) is 2.27. The third kappa shape index (κ3) is 3.54. The van der Waals surface area contributed by atoms with Crippen molar-refractivity contribution in [2.45, 2.75) is 26.7 Å². The van der Waals surface area contributed by atoms with Crippen molar-refractivity contribution >= 4 is 17.7 Å². The molecular weight excluding hydrogens is 222 g/mol. The third-order valence-electron chi connectivity index (χ3n) is 2.84. The summed E-state index contributed by atoms with van der Waals surface area (Å²) in [5.41, 5.74) is 0. The van der Waals surface area contributed by atoms with Crippen molar-refractivity contribution in [1.82, 2.24) is 4.90 Å². The zero-order chi connectivity index (χ0) is 13.0. The first-order valence-corrected chi connectivity index (χ1v) is 5.84. The maximum Gasteiger partial charge on any atom is 0.316 e. The SMILES string of the molecule is COC(=O)C1CCN(C(=O)CC(C)C)CC1=O. The molecule has 0 aromatic carbocycles. The van der Waals surface area contributed by atoms with E-state index < -0.39 is 11.9 Å². The summed E-state index contributed by atoms with van der Waals surface area (Å²) in [6.45, 7) is 4.41. The first-order valence-electron chi connectivity index (χ1n) is 5.84. The second-order valence-corrected chi connectivity index (χ2v) is 4.74. The number of ether oxygens (including phenoxy) is 1. The number of Topliss-reactive ketones (excluding diaryl/α,β-unsaturated/α-hetero) is 1. The van der Waals surface area contributed by atoms with Crippen LogP contribution in [0.1, 0.15) is 26.7 Å². The van der Waals surface area contributed by atoms with E-state index >= 15 is 0 Å². The molecule has 0 radical (unpaired) electrons. The van der Waals surface area contributed by atoms with Crippen LogP contribution >= 0.6 is 0 Å². The summed E-state index contributed by atoms with van der Waals surface area (Å²) in [4.78, 5) is 36.3. The topological polar surface area (TPSA) is 63.7 Å². The number of carbonyl (C=O) groups excluding carboxylic acids is 3. The minimum atomic E-state index is -0.692. The Morgan fingerprint density at radius 1 is 1.47 bits per heavy atom. The van der Waals surface area contributed by atoms with Gasteiger partial charge in [0.2, 0.25) is 5.91 Å². The summed E-state index contributed by atoms with van der Waals surface area (Å²) in [5, 5.41) is 0. The van der Waals surface area contributed by atoms with E-state index in [1.54, 1.807) is 0 Å². The first kappa shape index (κ1) is 13.7. The normalized spacial score (nSPS) is 20.6. The van der Waals surface area contributed by atoms with E-state index in [1.807, 2.05) is 13.8 Å². The number of hydrogen-bond acceptors (Lipinski definition) is 4. The van der Waals surface area contributed by atoms with Gasteiger partial charge in [0.25, 0.3) is 0 Å². The van der Waals surface area contributed by atoms with Gasteiger partial charge in [-0.05, 0) is 12.3 Å². The molecular formula is C12H19NO4. The number of likely N-dealkylation sites (tertiary alicyclic amines) is 1. The molecule has 17 heavy (non-hydrogen) atoms. The van der Waals surface area contributed by atoms with Crippen molar-refractivity contribution in [3.05, 3.63) is 0 Å². The lowest BCUT2D eigenvalue weighted by Crippen LogP contribution is -2.46. The van der Waals surface area contributed by atoms with Crippen molar-refractivity contribution in [1.29, 1.82) is 0 Å². The summed E-state index contributed by atoms with van der Waals surface area (Å²) in [7, 11) is 1.27. The Labute approximate surface area is 101 Å². The van der Waals surface area contributed by atoms with E-state index in [0.717, 1.165) is 0 Å². The molecule has 0 bridgehead atoms. The van der Waals surface area contributed by atoms with Gasteiger partial charge in [0.05, 0.1) is 13.7 Å². The molecule has 0 N–H and O–H groups in total. The summed E-state index contributed by atoms with van der Waals surface area (Å²) in [6.07, 6.45) is 0.811. The second kappa shape index (κ2) is 5.80. The van der Waals surface area contributed by atoms with Crippen LogP contribution in [0.3, 0.4) is 0 Å². The predicted octanol–water partition coefficient (Wildman–Crippen LogP) is 0.623. The van der Waals surface area contributed by atoms with Crippen LogP contribution in [0.5, 0.6) is 0 Å². The highest BCUT2D eigenvalue weighted by Gasteiger charge is 2.34. The van der Waals surface area contributed by atoms with Crippen LogP contribution in [0.25, 0.3) is 0 Å². The van der Waals surface area contributed by atoms with Crippen LogP contribution in [0.15, 0.2) is 0 Å². The van der Waals surface area contributed by atoms with Gasteiger partial charge in [-0.3, -0.25) is 14.4 Å². The minimum absolute atomic E-state index is 0.0170. The van der Waals surface area contributed by atoms with Crippen LogP contribution < -0.4 is 0 Å². The van der Waals surface area contributed by atoms with Gasteiger partial charge in [-0.1, -0.05) is 13.8 Å². The fraction of sp³-hybridized carbons (Fsp3) is 0.750. The fourth-order valence-corrected chi connectivity index (χ4v) is 1.91. The molecule has 1 unspecified atom stereocenters. The van der Waals surface area contributed by atoms with E-state index in [4.69, 9.17) is 0 Å². The number of amides is 1. The lowest BCUT2D eigenvalue weighted by molar-refractivity contribution is -0.154. The van der Waals surface area contributed by atoms with Crippen LogP contribution in [0.4, 0.5) is 0 Å². The number of esters is 1. The Morgan fingerprint density at radius 3 is 2.59 bits per heavy atom. The highest BCUT2D eigenvalue weighted by atomic mass is 16.5. The van der Waals surface area contributed by atoms with E-state index in [0.29, 0.717) is 19.4 Å². The van der Waals surface area contributed by atoms with Gasteiger partial charge in [-0.25, -0.2) is 0 Å². The number of piperidine rings is 1. The Morgan fingerprint density at radius 2 is 2.12 bits per heavy atom. The van der Waals surface area contributed by atoms with Crippen LogP contribution in [-0.2, 0) is 19.1 Å².